The zero-order valence-corrected chi connectivity index (χ0v) is 19.7. The van der Waals surface area contributed by atoms with Gasteiger partial charge in [-0.25, -0.2) is 19.4 Å². The number of aromatic carboxylic acids is 1. The Morgan fingerprint density at radius 3 is 2.67 bits per heavy atom. The zero-order chi connectivity index (χ0) is 26.0. The topological polar surface area (TPSA) is 182 Å². The van der Waals surface area contributed by atoms with E-state index in [1.165, 1.54) is 19.0 Å². The Labute approximate surface area is 207 Å². The first-order valence-corrected chi connectivity index (χ1v) is 10.9. The molecule has 14 heteroatoms. The van der Waals surface area contributed by atoms with Crippen LogP contribution in [0.5, 0.6) is 0 Å². The van der Waals surface area contributed by atoms with E-state index in [1.54, 1.807) is 0 Å². The fourth-order valence-corrected chi connectivity index (χ4v) is 4.03. The van der Waals surface area contributed by atoms with Crippen LogP contribution in [0.25, 0.3) is 5.78 Å². The van der Waals surface area contributed by atoms with Gasteiger partial charge in [-0.05, 0) is 34.9 Å². The van der Waals surface area contributed by atoms with Crippen molar-refractivity contribution in [1.82, 2.24) is 24.4 Å². The van der Waals surface area contributed by atoms with E-state index < -0.39 is 22.8 Å². The average molecular weight is 514 g/mol. The molecule has 2 aromatic carbocycles. The van der Waals surface area contributed by atoms with Crippen LogP contribution in [0.15, 0.2) is 40.2 Å². The molecule has 3 heterocycles. The van der Waals surface area contributed by atoms with Gasteiger partial charge in [0.1, 0.15) is 17.7 Å². The number of methoxy groups -OCH3 is 1. The van der Waals surface area contributed by atoms with Crippen LogP contribution in [0, 0.1) is 0 Å². The highest BCUT2D eigenvalue weighted by atomic mass is 35.5. The van der Waals surface area contributed by atoms with Gasteiger partial charge in [0.25, 0.3) is 16.6 Å². The molecule has 0 unspecified atom stereocenters. The predicted octanol–water partition coefficient (Wildman–Crippen LogP) is 0.280. The fourth-order valence-electron chi connectivity index (χ4n) is 3.87. The van der Waals surface area contributed by atoms with Crippen LogP contribution in [0.4, 0.5) is 11.4 Å². The van der Waals surface area contributed by atoms with Crippen LogP contribution in [0.2, 0.25) is 0 Å². The number of hydrogen-bond acceptors (Lipinski definition) is 11. The zero-order valence-electron chi connectivity index (χ0n) is 18.9. The van der Waals surface area contributed by atoms with Gasteiger partial charge in [-0.15, -0.1) is 0 Å². The monoisotopic (exact) mass is 513 g/mol. The normalized spacial score (nSPS) is 12.7. The minimum absolute atomic E-state index is 0.0281. The number of carboxylic acids is 1. The molecule has 1 aliphatic heterocycles. The SMILES string of the molecule is COC(=O)c1cc(C(=O)O)nc2ncnn12.Nc1c(N2CCc3ccc(CNCl)cc3C2)c(=O)c1=O. The number of carbonyl (C=O) groups is 2. The van der Waals surface area contributed by atoms with E-state index in [9.17, 15) is 19.2 Å². The molecule has 0 bridgehead atoms. The third-order valence-corrected chi connectivity index (χ3v) is 5.79. The molecule has 5 rings (SSSR count). The highest BCUT2D eigenvalue weighted by Crippen LogP contribution is 2.26. The summed E-state index contributed by atoms with van der Waals surface area (Å²) in [4.78, 5) is 56.8. The van der Waals surface area contributed by atoms with Crippen molar-refractivity contribution in [3.05, 3.63) is 79.1 Å². The van der Waals surface area contributed by atoms with Crippen molar-refractivity contribution < 1.29 is 19.4 Å². The Hall–Kier alpha value is -4.36. The number of nitrogens with one attached hydrogen (secondary N) is 1. The molecule has 4 N–H and O–H groups in total. The third-order valence-electron chi connectivity index (χ3n) is 5.66. The molecule has 0 saturated heterocycles. The molecular formula is C22H20ClN7O6. The van der Waals surface area contributed by atoms with Gasteiger partial charge in [-0.1, -0.05) is 18.2 Å². The Bertz CT molecular complexity index is 1540. The summed E-state index contributed by atoms with van der Waals surface area (Å²) in [5.74, 6) is -1.93. The van der Waals surface area contributed by atoms with Crippen LogP contribution in [-0.4, -0.2) is 50.3 Å². The van der Waals surface area contributed by atoms with Gasteiger partial charge in [-0.2, -0.15) is 14.6 Å². The maximum Gasteiger partial charge on any atom is 0.356 e. The summed E-state index contributed by atoms with van der Waals surface area (Å²) in [5.41, 5.74) is 8.22. The van der Waals surface area contributed by atoms with E-state index in [-0.39, 0.29) is 22.9 Å². The van der Waals surface area contributed by atoms with Gasteiger partial charge in [0.15, 0.2) is 11.4 Å². The van der Waals surface area contributed by atoms with Gasteiger partial charge in [0.05, 0.1) is 7.11 Å². The lowest BCUT2D eigenvalue weighted by Gasteiger charge is -2.31. The molecule has 36 heavy (non-hydrogen) atoms. The van der Waals surface area contributed by atoms with E-state index in [1.807, 2.05) is 11.0 Å². The molecule has 0 saturated carbocycles. The Kier molecular flexibility index (Phi) is 6.94. The third kappa shape index (κ3) is 4.61. The molecule has 0 radical (unpaired) electrons. The number of carbonyl (C=O) groups excluding carboxylic acids is 1. The summed E-state index contributed by atoms with van der Waals surface area (Å²) in [6.45, 7) is 1.88. The number of aromatic nitrogens is 4. The molecular weight excluding hydrogens is 494 g/mol. The lowest BCUT2D eigenvalue weighted by atomic mass is 9.96. The lowest BCUT2D eigenvalue weighted by Crippen LogP contribution is -2.44. The highest BCUT2D eigenvalue weighted by Gasteiger charge is 2.26. The first kappa shape index (κ1) is 24.8. The second-order valence-corrected chi connectivity index (χ2v) is 8.07. The second kappa shape index (κ2) is 10.1. The summed E-state index contributed by atoms with van der Waals surface area (Å²) >= 11 is 5.52. The molecule has 2 aromatic heterocycles. The number of nitrogens with zero attached hydrogens (tertiary/aromatic N) is 5. The molecule has 186 valence electrons. The molecule has 0 fully saturated rings. The molecule has 0 spiro atoms. The number of benzene rings is 1. The summed E-state index contributed by atoms with van der Waals surface area (Å²) in [6.07, 6.45) is 2.00. The van der Waals surface area contributed by atoms with E-state index in [0.29, 0.717) is 25.3 Å². The van der Waals surface area contributed by atoms with Gasteiger partial charge in [0.2, 0.25) is 0 Å². The van der Waals surface area contributed by atoms with E-state index in [0.717, 1.165) is 28.1 Å². The van der Waals surface area contributed by atoms with Crippen molar-refractivity contribution in [2.75, 3.05) is 24.3 Å². The molecule has 0 amide bonds. The minimum Gasteiger partial charge on any atom is -0.477 e. The average Bonchev–Trinajstić information content (AvgIpc) is 3.37. The van der Waals surface area contributed by atoms with Crippen LogP contribution >= 0.6 is 11.8 Å². The van der Waals surface area contributed by atoms with Crippen LogP contribution in [0.1, 0.15) is 37.7 Å². The van der Waals surface area contributed by atoms with Gasteiger partial charge in [-0.3, -0.25) is 9.59 Å². The number of nitrogens with two attached hydrogens (primary N) is 1. The number of rotatable bonds is 5. The number of hydrogen-bond donors (Lipinski definition) is 3. The molecule has 13 nitrogen and oxygen atoms in total. The minimum atomic E-state index is -1.25. The number of ether oxygens (including phenoxy) is 1. The van der Waals surface area contributed by atoms with Crippen LogP contribution in [-0.2, 0) is 24.2 Å². The Balaban J connectivity index is 0.000000174. The Morgan fingerprint density at radius 1 is 1.22 bits per heavy atom. The summed E-state index contributed by atoms with van der Waals surface area (Å²) in [5, 5.41) is 12.5. The van der Waals surface area contributed by atoms with E-state index in [4.69, 9.17) is 22.6 Å². The van der Waals surface area contributed by atoms with Crippen LogP contribution < -0.4 is 26.3 Å². The first-order valence-electron chi connectivity index (χ1n) is 10.6. The number of halogens is 1. The number of esters is 1. The van der Waals surface area contributed by atoms with Crippen molar-refractivity contribution in [2.24, 2.45) is 0 Å². The summed E-state index contributed by atoms with van der Waals surface area (Å²) in [6, 6.07) is 7.27. The first-order chi connectivity index (χ1) is 17.2. The van der Waals surface area contributed by atoms with Crippen LogP contribution in [0.3, 0.4) is 0 Å². The van der Waals surface area contributed by atoms with Crippen molar-refractivity contribution in [3.8, 4) is 0 Å². The fraction of sp³-hybridized carbons (Fsp3) is 0.227. The molecule has 1 aliphatic rings. The van der Waals surface area contributed by atoms with Gasteiger partial charge in [0, 0.05) is 25.7 Å². The molecule has 0 atom stereocenters. The Morgan fingerprint density at radius 2 is 2.00 bits per heavy atom. The maximum atomic E-state index is 11.6. The quantitative estimate of drug-likeness (QED) is 0.188. The van der Waals surface area contributed by atoms with Crippen molar-refractivity contribution in [3.63, 3.8) is 0 Å². The second-order valence-electron chi connectivity index (χ2n) is 7.80. The van der Waals surface area contributed by atoms with E-state index >= 15 is 0 Å². The predicted molar refractivity (Wildman–Crippen MR) is 129 cm³/mol. The number of anilines is 2. The largest absolute Gasteiger partial charge is 0.477 e. The smallest absolute Gasteiger partial charge is 0.356 e. The van der Waals surface area contributed by atoms with Crippen molar-refractivity contribution in [1.29, 1.82) is 0 Å². The maximum absolute atomic E-state index is 11.6. The lowest BCUT2D eigenvalue weighted by molar-refractivity contribution is 0.0590. The number of fused-ring (bicyclic) bond motifs is 2. The summed E-state index contributed by atoms with van der Waals surface area (Å²) < 4.78 is 5.61. The van der Waals surface area contributed by atoms with Gasteiger partial charge >= 0.3 is 11.9 Å². The summed E-state index contributed by atoms with van der Waals surface area (Å²) in [7, 11) is 1.19. The highest BCUT2D eigenvalue weighted by molar-refractivity contribution is 6.13. The van der Waals surface area contributed by atoms with E-state index in [2.05, 4.69) is 36.8 Å². The number of nitrogen functional groups attached to an aromatic ring is 1. The molecule has 0 aliphatic carbocycles. The van der Waals surface area contributed by atoms with Gasteiger partial charge < -0.3 is 20.5 Å². The number of carboxylic acid groups (broad SMARTS) is 1. The van der Waals surface area contributed by atoms with Crippen molar-refractivity contribution >= 4 is 40.9 Å². The standard InChI is InChI=1S/C14H14ClN3O2.C8H6N4O4/c15-17-6-8-1-2-9-3-4-18(7-10(9)5-8)12-11(16)13(19)14(12)20;1-16-7(15)5-2-4(6(13)14)11-8-9-3-10-12(5)8/h1-2,5,17H,3-4,6-7,16H2;2-3H,1H3,(H,13,14). The molecule has 4 aromatic rings. The van der Waals surface area contributed by atoms with Crippen molar-refractivity contribution in [2.45, 2.75) is 19.5 Å².